The predicted molar refractivity (Wildman–Crippen MR) is 61.2 cm³/mol. The fourth-order valence-corrected chi connectivity index (χ4v) is 2.94. The second kappa shape index (κ2) is 5.75. The monoisotopic (exact) mass is 198 g/mol. The average Bonchev–Trinajstić information content (AvgIpc) is 2.51. The topological polar surface area (TPSA) is 20.2 Å². The summed E-state index contributed by atoms with van der Waals surface area (Å²) in [6.45, 7) is 6.79. The normalized spacial score (nSPS) is 31.7. The molecule has 0 aromatic heterocycles. The molecule has 4 atom stereocenters. The average molecular weight is 198 g/mol. The van der Waals surface area contributed by atoms with Crippen molar-refractivity contribution in [3.8, 4) is 0 Å². The van der Waals surface area contributed by atoms with Crippen LogP contribution in [0.5, 0.6) is 0 Å². The van der Waals surface area contributed by atoms with E-state index in [0.29, 0.717) is 11.8 Å². The van der Waals surface area contributed by atoms with Crippen LogP contribution in [0.1, 0.15) is 59.3 Å². The summed E-state index contributed by atoms with van der Waals surface area (Å²) in [4.78, 5) is 0. The van der Waals surface area contributed by atoms with Gasteiger partial charge in [-0.3, -0.25) is 0 Å². The van der Waals surface area contributed by atoms with E-state index in [9.17, 15) is 5.11 Å². The minimum absolute atomic E-state index is 0.0333. The van der Waals surface area contributed by atoms with Gasteiger partial charge >= 0.3 is 0 Å². The van der Waals surface area contributed by atoms with E-state index in [0.717, 1.165) is 12.3 Å². The third-order valence-corrected chi connectivity index (χ3v) is 3.85. The SMILES string of the molecule is CCCC(C)CC(O)C1CCCC1C. The van der Waals surface area contributed by atoms with E-state index in [4.69, 9.17) is 0 Å². The number of rotatable bonds is 5. The van der Waals surface area contributed by atoms with Crippen molar-refractivity contribution in [3.05, 3.63) is 0 Å². The molecule has 0 spiro atoms. The number of aliphatic hydroxyl groups excluding tert-OH is 1. The highest BCUT2D eigenvalue weighted by atomic mass is 16.3. The smallest absolute Gasteiger partial charge is 0.0573 e. The molecule has 0 aromatic carbocycles. The second-order valence-electron chi connectivity index (χ2n) is 5.27. The highest BCUT2D eigenvalue weighted by Gasteiger charge is 2.30. The molecule has 14 heavy (non-hydrogen) atoms. The molecule has 0 saturated heterocycles. The zero-order valence-corrected chi connectivity index (χ0v) is 10.00. The summed E-state index contributed by atoms with van der Waals surface area (Å²) in [5.74, 6) is 2.04. The molecule has 0 aliphatic heterocycles. The van der Waals surface area contributed by atoms with Gasteiger partial charge in [0.25, 0.3) is 0 Å². The second-order valence-corrected chi connectivity index (χ2v) is 5.27. The van der Waals surface area contributed by atoms with Crippen molar-refractivity contribution in [2.45, 2.75) is 65.4 Å². The number of hydrogen-bond donors (Lipinski definition) is 1. The van der Waals surface area contributed by atoms with E-state index in [-0.39, 0.29) is 6.10 Å². The quantitative estimate of drug-likeness (QED) is 0.715. The van der Waals surface area contributed by atoms with Gasteiger partial charge in [0.1, 0.15) is 0 Å². The van der Waals surface area contributed by atoms with Crippen LogP contribution >= 0.6 is 0 Å². The molecule has 1 rings (SSSR count). The molecular weight excluding hydrogens is 172 g/mol. The van der Waals surface area contributed by atoms with Gasteiger partial charge in [0, 0.05) is 0 Å². The van der Waals surface area contributed by atoms with Crippen molar-refractivity contribution in [1.29, 1.82) is 0 Å². The third-order valence-electron chi connectivity index (χ3n) is 3.85. The Kier molecular flexibility index (Phi) is 4.94. The fourth-order valence-electron chi connectivity index (χ4n) is 2.94. The van der Waals surface area contributed by atoms with E-state index in [2.05, 4.69) is 20.8 Å². The molecule has 1 fully saturated rings. The van der Waals surface area contributed by atoms with E-state index < -0.39 is 0 Å². The summed E-state index contributed by atoms with van der Waals surface area (Å²) in [5.41, 5.74) is 0. The summed E-state index contributed by atoms with van der Waals surface area (Å²) in [5, 5.41) is 10.1. The molecule has 1 heteroatoms. The lowest BCUT2D eigenvalue weighted by molar-refractivity contribution is 0.0672. The molecule has 1 aliphatic rings. The molecule has 4 unspecified atom stereocenters. The van der Waals surface area contributed by atoms with Crippen LogP contribution in [0, 0.1) is 17.8 Å². The van der Waals surface area contributed by atoms with Gasteiger partial charge in [-0.25, -0.2) is 0 Å². The molecule has 1 saturated carbocycles. The predicted octanol–water partition coefficient (Wildman–Crippen LogP) is 3.61. The van der Waals surface area contributed by atoms with Gasteiger partial charge in [0.2, 0.25) is 0 Å². The Balaban J connectivity index is 2.29. The van der Waals surface area contributed by atoms with Crippen molar-refractivity contribution >= 4 is 0 Å². The maximum atomic E-state index is 10.1. The lowest BCUT2D eigenvalue weighted by atomic mass is 9.86. The molecule has 1 aliphatic carbocycles. The Bertz CT molecular complexity index is 155. The van der Waals surface area contributed by atoms with Gasteiger partial charge in [-0.1, -0.05) is 46.5 Å². The van der Waals surface area contributed by atoms with E-state index in [1.165, 1.54) is 32.1 Å². The molecule has 0 aromatic rings. The molecule has 84 valence electrons. The Morgan fingerprint density at radius 3 is 2.57 bits per heavy atom. The molecule has 0 heterocycles. The highest BCUT2D eigenvalue weighted by molar-refractivity contribution is 4.81. The molecule has 1 N–H and O–H groups in total. The van der Waals surface area contributed by atoms with Gasteiger partial charge in [0.15, 0.2) is 0 Å². The molecular formula is C13H26O. The third kappa shape index (κ3) is 3.27. The van der Waals surface area contributed by atoms with Crippen LogP contribution in [0.3, 0.4) is 0 Å². The van der Waals surface area contributed by atoms with E-state index in [1.54, 1.807) is 0 Å². The first-order valence-corrected chi connectivity index (χ1v) is 6.33. The summed E-state index contributed by atoms with van der Waals surface area (Å²) in [6, 6.07) is 0. The van der Waals surface area contributed by atoms with E-state index >= 15 is 0 Å². The van der Waals surface area contributed by atoms with Gasteiger partial charge < -0.3 is 5.11 Å². The van der Waals surface area contributed by atoms with Gasteiger partial charge in [-0.05, 0) is 30.6 Å². The lowest BCUT2D eigenvalue weighted by Gasteiger charge is -2.24. The van der Waals surface area contributed by atoms with E-state index in [1.807, 2.05) is 0 Å². The van der Waals surface area contributed by atoms with Crippen molar-refractivity contribution in [2.24, 2.45) is 17.8 Å². The van der Waals surface area contributed by atoms with Crippen molar-refractivity contribution in [3.63, 3.8) is 0 Å². The van der Waals surface area contributed by atoms with Gasteiger partial charge in [-0.15, -0.1) is 0 Å². The first kappa shape index (κ1) is 12.0. The molecule has 1 nitrogen and oxygen atoms in total. The zero-order chi connectivity index (χ0) is 10.6. The van der Waals surface area contributed by atoms with Gasteiger partial charge in [-0.2, -0.15) is 0 Å². The Labute approximate surface area is 88.9 Å². The summed E-state index contributed by atoms with van der Waals surface area (Å²) < 4.78 is 0. The van der Waals surface area contributed by atoms with Crippen LogP contribution in [0.4, 0.5) is 0 Å². The van der Waals surface area contributed by atoms with Crippen LogP contribution < -0.4 is 0 Å². The maximum absolute atomic E-state index is 10.1. The number of aliphatic hydroxyl groups is 1. The Hall–Kier alpha value is -0.0400. The zero-order valence-electron chi connectivity index (χ0n) is 10.00. The Morgan fingerprint density at radius 1 is 1.36 bits per heavy atom. The minimum atomic E-state index is -0.0333. The van der Waals surface area contributed by atoms with Crippen molar-refractivity contribution < 1.29 is 5.11 Å². The van der Waals surface area contributed by atoms with Crippen LogP contribution in [0.15, 0.2) is 0 Å². The standard InChI is InChI=1S/C13H26O/c1-4-6-10(2)9-13(14)12-8-5-7-11(12)3/h10-14H,4-9H2,1-3H3. The first-order valence-electron chi connectivity index (χ1n) is 6.33. The van der Waals surface area contributed by atoms with Crippen molar-refractivity contribution in [2.75, 3.05) is 0 Å². The Morgan fingerprint density at radius 2 is 2.07 bits per heavy atom. The fraction of sp³-hybridized carbons (Fsp3) is 1.00. The molecule has 0 bridgehead atoms. The molecule has 0 amide bonds. The maximum Gasteiger partial charge on any atom is 0.0573 e. The number of hydrogen-bond acceptors (Lipinski definition) is 1. The summed E-state index contributed by atoms with van der Waals surface area (Å²) in [6.07, 6.45) is 7.39. The highest BCUT2D eigenvalue weighted by Crippen LogP contribution is 2.35. The largest absolute Gasteiger partial charge is 0.393 e. The lowest BCUT2D eigenvalue weighted by Crippen LogP contribution is -2.24. The van der Waals surface area contributed by atoms with Crippen LogP contribution in [0.25, 0.3) is 0 Å². The molecule has 0 radical (unpaired) electrons. The van der Waals surface area contributed by atoms with Crippen LogP contribution in [-0.2, 0) is 0 Å². The van der Waals surface area contributed by atoms with Gasteiger partial charge in [0.05, 0.1) is 6.10 Å². The van der Waals surface area contributed by atoms with Crippen LogP contribution in [0.2, 0.25) is 0 Å². The minimum Gasteiger partial charge on any atom is -0.393 e. The summed E-state index contributed by atoms with van der Waals surface area (Å²) >= 11 is 0. The first-order chi connectivity index (χ1) is 6.65. The van der Waals surface area contributed by atoms with Crippen LogP contribution in [-0.4, -0.2) is 11.2 Å². The summed E-state index contributed by atoms with van der Waals surface area (Å²) in [7, 11) is 0. The van der Waals surface area contributed by atoms with Crippen molar-refractivity contribution in [1.82, 2.24) is 0 Å².